The number of hydrazine groups is 1. The third-order valence-corrected chi connectivity index (χ3v) is 2.67. The van der Waals surface area contributed by atoms with Crippen LogP contribution in [0, 0.1) is 0 Å². The minimum atomic E-state index is -0.683. The Hall–Kier alpha value is -1.39. The summed E-state index contributed by atoms with van der Waals surface area (Å²) in [6.45, 7) is 1.79. The number of rotatable bonds is 3. The van der Waals surface area contributed by atoms with Crippen LogP contribution in [0.25, 0.3) is 5.70 Å². The molecule has 0 spiro atoms. The molecule has 0 saturated carbocycles. The van der Waals surface area contributed by atoms with E-state index in [2.05, 4.69) is 10.9 Å². The molecule has 0 atom stereocenters. The molecule has 0 saturated heterocycles. The number of carbonyl (C=O) groups is 1. The largest absolute Gasteiger partial charge is 0.350 e. The fraction of sp³-hybridized carbons (Fsp3) is 0.100. The summed E-state index contributed by atoms with van der Waals surface area (Å²) in [5.41, 5.74) is 11.2. The molecule has 0 aromatic heterocycles. The van der Waals surface area contributed by atoms with Gasteiger partial charge in [0.1, 0.15) is 0 Å². The number of hydrogen-bond donors (Lipinski definition) is 3. The van der Waals surface area contributed by atoms with Gasteiger partial charge in [-0.25, -0.2) is 4.79 Å². The van der Waals surface area contributed by atoms with Gasteiger partial charge in [0.05, 0.1) is 15.7 Å². The number of carbonyl (C=O) groups excluding carboxylic acids is 1. The third-order valence-electron chi connectivity index (χ3n) is 1.85. The third kappa shape index (κ3) is 3.05. The van der Waals surface area contributed by atoms with Crippen molar-refractivity contribution >= 4 is 34.9 Å². The van der Waals surface area contributed by atoms with Crippen molar-refractivity contribution in [2.24, 2.45) is 5.73 Å². The summed E-state index contributed by atoms with van der Waals surface area (Å²) in [5, 5.41) is 0.857. The number of nitrogens with one attached hydrogen (secondary N) is 2. The quantitative estimate of drug-likeness (QED) is 0.731. The van der Waals surface area contributed by atoms with Crippen molar-refractivity contribution in [2.45, 2.75) is 6.92 Å². The Morgan fingerprint density at radius 1 is 1.38 bits per heavy atom. The van der Waals surface area contributed by atoms with E-state index in [1.807, 2.05) is 0 Å². The summed E-state index contributed by atoms with van der Waals surface area (Å²) < 4.78 is 0. The van der Waals surface area contributed by atoms with Crippen molar-refractivity contribution in [3.8, 4) is 0 Å². The van der Waals surface area contributed by atoms with Gasteiger partial charge < -0.3 is 5.73 Å². The average molecular weight is 260 g/mol. The van der Waals surface area contributed by atoms with Gasteiger partial charge in [-0.15, -0.1) is 0 Å². The van der Waals surface area contributed by atoms with E-state index in [0.29, 0.717) is 21.3 Å². The molecule has 0 aliphatic heterocycles. The number of nitrogens with two attached hydrogens (primary N) is 1. The molecule has 0 unspecified atom stereocenters. The second-order valence-corrected chi connectivity index (χ2v) is 3.70. The van der Waals surface area contributed by atoms with E-state index in [1.165, 1.54) is 0 Å². The van der Waals surface area contributed by atoms with Crippen LogP contribution in [0.15, 0.2) is 24.3 Å². The summed E-state index contributed by atoms with van der Waals surface area (Å²) in [6.07, 6.45) is 1.74. The van der Waals surface area contributed by atoms with Crippen LogP contribution in [-0.2, 0) is 0 Å². The molecule has 0 aliphatic rings. The standard InChI is InChI=1S/C10H11Cl2N3O/c1-2-8(14-15-10(13)16)6-4-3-5-7(11)9(6)12/h2-5,14H,1H3,(H3,13,15,16)/b8-2-. The summed E-state index contributed by atoms with van der Waals surface area (Å²) in [5.74, 6) is 0. The van der Waals surface area contributed by atoms with Crippen molar-refractivity contribution in [3.63, 3.8) is 0 Å². The number of hydrogen-bond acceptors (Lipinski definition) is 2. The molecule has 0 bridgehead atoms. The van der Waals surface area contributed by atoms with Crippen molar-refractivity contribution in [3.05, 3.63) is 39.9 Å². The maximum atomic E-state index is 10.6. The lowest BCUT2D eigenvalue weighted by atomic mass is 10.1. The van der Waals surface area contributed by atoms with E-state index in [-0.39, 0.29) is 0 Å². The smallest absolute Gasteiger partial charge is 0.330 e. The summed E-state index contributed by atoms with van der Waals surface area (Å²) >= 11 is 11.9. The fourth-order valence-corrected chi connectivity index (χ4v) is 1.54. The van der Waals surface area contributed by atoms with E-state index in [9.17, 15) is 4.79 Å². The molecule has 6 heteroatoms. The number of amides is 2. The van der Waals surface area contributed by atoms with Crippen molar-refractivity contribution < 1.29 is 4.79 Å². The lowest BCUT2D eigenvalue weighted by molar-refractivity contribution is 0.247. The Labute approximate surface area is 103 Å². The predicted octanol–water partition coefficient (Wildman–Crippen LogP) is 2.53. The zero-order chi connectivity index (χ0) is 12.1. The Morgan fingerprint density at radius 3 is 2.62 bits per heavy atom. The molecule has 86 valence electrons. The van der Waals surface area contributed by atoms with Crippen LogP contribution in [0.1, 0.15) is 12.5 Å². The predicted molar refractivity (Wildman–Crippen MR) is 66.0 cm³/mol. The van der Waals surface area contributed by atoms with Gasteiger partial charge in [0.15, 0.2) is 0 Å². The first kappa shape index (κ1) is 12.7. The van der Waals surface area contributed by atoms with E-state index in [4.69, 9.17) is 28.9 Å². The topological polar surface area (TPSA) is 67.2 Å². The highest BCUT2D eigenvalue weighted by atomic mass is 35.5. The number of allylic oxidation sites excluding steroid dienone is 1. The Balaban J connectivity index is 2.96. The number of benzene rings is 1. The van der Waals surface area contributed by atoms with Crippen molar-refractivity contribution in [1.82, 2.24) is 10.9 Å². The second-order valence-electron chi connectivity index (χ2n) is 2.92. The van der Waals surface area contributed by atoms with Gasteiger partial charge in [0.2, 0.25) is 0 Å². The van der Waals surface area contributed by atoms with Crippen LogP contribution >= 0.6 is 23.2 Å². The highest BCUT2D eigenvalue weighted by Gasteiger charge is 2.08. The Kier molecular flexibility index (Phi) is 4.46. The molecule has 0 fully saturated rings. The van der Waals surface area contributed by atoms with Gasteiger partial charge in [-0.1, -0.05) is 41.4 Å². The van der Waals surface area contributed by atoms with Crippen LogP contribution in [0.3, 0.4) is 0 Å². The van der Waals surface area contributed by atoms with Gasteiger partial charge in [-0.3, -0.25) is 10.9 Å². The van der Waals surface area contributed by atoms with Crippen LogP contribution in [0.4, 0.5) is 4.79 Å². The van der Waals surface area contributed by atoms with Crippen molar-refractivity contribution in [2.75, 3.05) is 0 Å². The monoisotopic (exact) mass is 259 g/mol. The Morgan fingerprint density at radius 2 is 2.06 bits per heavy atom. The minimum Gasteiger partial charge on any atom is -0.350 e. The Bertz CT molecular complexity index is 432. The van der Waals surface area contributed by atoms with Crippen LogP contribution < -0.4 is 16.6 Å². The first-order valence-electron chi connectivity index (χ1n) is 4.48. The highest BCUT2D eigenvalue weighted by molar-refractivity contribution is 6.43. The van der Waals surface area contributed by atoms with Crippen LogP contribution in [0.2, 0.25) is 10.0 Å². The molecule has 0 radical (unpaired) electrons. The molecule has 2 amide bonds. The molecule has 1 aromatic carbocycles. The SMILES string of the molecule is C/C=C(\NNC(N)=O)c1cccc(Cl)c1Cl. The van der Waals surface area contributed by atoms with Crippen molar-refractivity contribution in [1.29, 1.82) is 0 Å². The van der Waals surface area contributed by atoms with Gasteiger partial charge in [-0.05, 0) is 13.0 Å². The molecule has 0 heterocycles. The van der Waals surface area contributed by atoms with Gasteiger partial charge >= 0.3 is 6.03 Å². The first-order valence-corrected chi connectivity index (χ1v) is 5.24. The van der Waals surface area contributed by atoms with E-state index >= 15 is 0 Å². The molecule has 16 heavy (non-hydrogen) atoms. The second kappa shape index (κ2) is 5.63. The molecular formula is C10H11Cl2N3O. The molecule has 4 nitrogen and oxygen atoms in total. The zero-order valence-electron chi connectivity index (χ0n) is 8.55. The fourth-order valence-electron chi connectivity index (χ4n) is 1.14. The molecule has 4 N–H and O–H groups in total. The van der Waals surface area contributed by atoms with Gasteiger partial charge in [-0.2, -0.15) is 0 Å². The lowest BCUT2D eigenvalue weighted by Crippen LogP contribution is -2.39. The summed E-state index contributed by atoms with van der Waals surface area (Å²) in [4.78, 5) is 10.6. The highest BCUT2D eigenvalue weighted by Crippen LogP contribution is 2.29. The molecule has 1 rings (SSSR count). The van der Waals surface area contributed by atoms with Crippen LogP contribution in [-0.4, -0.2) is 6.03 Å². The summed E-state index contributed by atoms with van der Waals surface area (Å²) in [6, 6.07) is 4.54. The first-order chi connectivity index (χ1) is 7.56. The number of urea groups is 1. The van der Waals surface area contributed by atoms with Gasteiger partial charge in [0.25, 0.3) is 0 Å². The molecule has 0 aliphatic carbocycles. The van der Waals surface area contributed by atoms with Gasteiger partial charge in [0, 0.05) is 5.56 Å². The molecule has 1 aromatic rings. The number of halogens is 2. The van der Waals surface area contributed by atoms with Crippen LogP contribution in [0.5, 0.6) is 0 Å². The lowest BCUT2D eigenvalue weighted by Gasteiger charge is -2.12. The summed E-state index contributed by atoms with van der Waals surface area (Å²) in [7, 11) is 0. The maximum Gasteiger partial charge on any atom is 0.330 e. The zero-order valence-corrected chi connectivity index (χ0v) is 10.1. The average Bonchev–Trinajstić information content (AvgIpc) is 2.24. The van der Waals surface area contributed by atoms with E-state index < -0.39 is 6.03 Å². The van der Waals surface area contributed by atoms with E-state index in [1.54, 1.807) is 31.2 Å². The number of primary amides is 1. The molecular weight excluding hydrogens is 249 g/mol. The van der Waals surface area contributed by atoms with E-state index in [0.717, 1.165) is 0 Å². The maximum absolute atomic E-state index is 10.6. The minimum absolute atomic E-state index is 0.413. The normalized spacial score (nSPS) is 11.1.